The summed E-state index contributed by atoms with van der Waals surface area (Å²) in [5, 5.41) is 3.51. The fourth-order valence-corrected chi connectivity index (χ4v) is 2.34. The molecule has 1 aromatic heterocycles. The van der Waals surface area contributed by atoms with E-state index in [1.54, 1.807) is 0 Å². The normalized spacial score (nSPS) is 25.9. The Kier molecular flexibility index (Phi) is 3.10. The van der Waals surface area contributed by atoms with Gasteiger partial charge in [0.2, 0.25) is 5.95 Å². The highest BCUT2D eigenvalue weighted by Gasteiger charge is 2.22. The van der Waals surface area contributed by atoms with Crippen LogP contribution in [0.2, 0.25) is 0 Å². The van der Waals surface area contributed by atoms with E-state index < -0.39 is 0 Å². The topological polar surface area (TPSA) is 41.1 Å². The smallest absolute Gasteiger partial charge is 0.225 e. The van der Waals surface area contributed by atoms with E-state index in [1.807, 2.05) is 19.9 Å². The summed E-state index contributed by atoms with van der Waals surface area (Å²) in [5.74, 6) is 0.873. The average molecular weight is 220 g/mol. The largest absolute Gasteiger partial charge is 0.338 e. The summed E-state index contributed by atoms with van der Waals surface area (Å²) in [7, 11) is 0. The predicted molar refractivity (Wildman–Crippen MR) is 65.8 cm³/mol. The van der Waals surface area contributed by atoms with Crippen molar-refractivity contribution in [2.75, 3.05) is 18.0 Å². The minimum Gasteiger partial charge on any atom is -0.338 e. The molecule has 0 bridgehead atoms. The summed E-state index contributed by atoms with van der Waals surface area (Å²) in [6.45, 7) is 10.4. The lowest BCUT2D eigenvalue weighted by Gasteiger charge is -2.36. The van der Waals surface area contributed by atoms with Crippen molar-refractivity contribution in [3.05, 3.63) is 17.5 Å². The van der Waals surface area contributed by atoms with Gasteiger partial charge in [0.15, 0.2) is 0 Å². The number of anilines is 1. The van der Waals surface area contributed by atoms with Gasteiger partial charge in [-0.15, -0.1) is 0 Å². The lowest BCUT2D eigenvalue weighted by atomic mass is 10.1. The summed E-state index contributed by atoms with van der Waals surface area (Å²) >= 11 is 0. The first-order valence-electron chi connectivity index (χ1n) is 5.88. The molecule has 0 saturated carbocycles. The first-order valence-corrected chi connectivity index (χ1v) is 5.88. The minimum atomic E-state index is 0.494. The van der Waals surface area contributed by atoms with Crippen molar-refractivity contribution in [2.45, 2.75) is 39.8 Å². The number of hydrogen-bond acceptors (Lipinski definition) is 4. The zero-order chi connectivity index (χ0) is 11.7. The molecule has 1 aliphatic heterocycles. The van der Waals surface area contributed by atoms with Gasteiger partial charge in [-0.1, -0.05) is 0 Å². The summed E-state index contributed by atoms with van der Waals surface area (Å²) in [5.41, 5.74) is 2.09. The number of rotatable bonds is 1. The Hall–Kier alpha value is -1.16. The van der Waals surface area contributed by atoms with Crippen molar-refractivity contribution in [3.63, 3.8) is 0 Å². The Bertz CT molecular complexity index is 347. The van der Waals surface area contributed by atoms with Gasteiger partial charge in [0.25, 0.3) is 0 Å². The number of piperazine rings is 1. The molecule has 4 nitrogen and oxygen atoms in total. The molecule has 2 atom stereocenters. The molecule has 0 aromatic carbocycles. The van der Waals surface area contributed by atoms with E-state index in [4.69, 9.17) is 0 Å². The van der Waals surface area contributed by atoms with Crippen molar-refractivity contribution in [3.8, 4) is 0 Å². The minimum absolute atomic E-state index is 0.494. The van der Waals surface area contributed by atoms with E-state index in [0.717, 1.165) is 30.4 Å². The molecule has 2 rings (SSSR count). The van der Waals surface area contributed by atoms with E-state index in [9.17, 15) is 0 Å². The molecule has 1 N–H and O–H groups in total. The molecule has 0 amide bonds. The van der Waals surface area contributed by atoms with Crippen molar-refractivity contribution in [2.24, 2.45) is 0 Å². The molecule has 2 heterocycles. The number of aryl methyl sites for hydroxylation is 2. The summed E-state index contributed by atoms with van der Waals surface area (Å²) in [6.07, 6.45) is 0. The van der Waals surface area contributed by atoms with E-state index >= 15 is 0 Å². The van der Waals surface area contributed by atoms with Crippen LogP contribution >= 0.6 is 0 Å². The molecule has 88 valence electrons. The molecule has 1 aliphatic rings. The fraction of sp³-hybridized carbons (Fsp3) is 0.667. The van der Waals surface area contributed by atoms with Crippen molar-refractivity contribution in [1.82, 2.24) is 15.3 Å². The third kappa shape index (κ3) is 2.50. The maximum atomic E-state index is 4.51. The number of aromatic nitrogens is 2. The van der Waals surface area contributed by atoms with E-state index in [1.165, 1.54) is 0 Å². The van der Waals surface area contributed by atoms with Gasteiger partial charge in [-0.05, 0) is 33.8 Å². The van der Waals surface area contributed by atoms with Crippen molar-refractivity contribution >= 4 is 5.95 Å². The van der Waals surface area contributed by atoms with Crippen LogP contribution in [0.1, 0.15) is 25.2 Å². The molecule has 1 fully saturated rings. The van der Waals surface area contributed by atoms with Gasteiger partial charge >= 0.3 is 0 Å². The van der Waals surface area contributed by atoms with Gasteiger partial charge in [-0.25, -0.2) is 9.97 Å². The second kappa shape index (κ2) is 4.37. The molecular weight excluding hydrogens is 200 g/mol. The molecule has 16 heavy (non-hydrogen) atoms. The highest BCUT2D eigenvalue weighted by molar-refractivity contribution is 5.33. The number of nitrogens with zero attached hydrogens (tertiary/aromatic N) is 3. The van der Waals surface area contributed by atoms with E-state index in [0.29, 0.717) is 12.1 Å². The van der Waals surface area contributed by atoms with Gasteiger partial charge in [0, 0.05) is 36.6 Å². The Balaban J connectivity index is 2.22. The third-order valence-corrected chi connectivity index (χ3v) is 2.81. The van der Waals surface area contributed by atoms with E-state index in [-0.39, 0.29) is 0 Å². The average Bonchev–Trinajstić information content (AvgIpc) is 2.14. The molecule has 1 aromatic rings. The number of nitrogens with one attached hydrogen (secondary N) is 1. The fourth-order valence-electron chi connectivity index (χ4n) is 2.34. The highest BCUT2D eigenvalue weighted by atomic mass is 15.3. The first-order chi connectivity index (χ1) is 7.54. The summed E-state index contributed by atoms with van der Waals surface area (Å²) < 4.78 is 0. The Labute approximate surface area is 97.1 Å². The summed E-state index contributed by atoms with van der Waals surface area (Å²) in [4.78, 5) is 11.3. The zero-order valence-corrected chi connectivity index (χ0v) is 10.5. The standard InChI is InChI=1S/C12H20N4/c1-8-5-9(2)15-12(14-8)16-6-10(3)13-11(4)7-16/h5,10-11,13H,6-7H2,1-4H3. The molecule has 0 radical (unpaired) electrons. The monoisotopic (exact) mass is 220 g/mol. The highest BCUT2D eigenvalue weighted by Crippen LogP contribution is 2.14. The lowest BCUT2D eigenvalue weighted by molar-refractivity contribution is 0.403. The molecule has 0 aliphatic carbocycles. The van der Waals surface area contributed by atoms with E-state index in [2.05, 4.69) is 34.0 Å². The molecule has 1 saturated heterocycles. The summed E-state index contributed by atoms with van der Waals surface area (Å²) in [6, 6.07) is 3.00. The van der Waals surface area contributed by atoms with Crippen LogP contribution in [0.4, 0.5) is 5.95 Å². The van der Waals surface area contributed by atoms with Crippen LogP contribution in [-0.2, 0) is 0 Å². The lowest BCUT2D eigenvalue weighted by Crippen LogP contribution is -2.54. The molecule has 2 unspecified atom stereocenters. The van der Waals surface area contributed by atoms with Crippen LogP contribution in [0.3, 0.4) is 0 Å². The second-order valence-corrected chi connectivity index (χ2v) is 4.82. The Morgan fingerprint density at radius 3 is 2.12 bits per heavy atom. The van der Waals surface area contributed by atoms with Gasteiger partial charge in [-0.2, -0.15) is 0 Å². The number of hydrogen-bond donors (Lipinski definition) is 1. The van der Waals surface area contributed by atoms with Crippen molar-refractivity contribution < 1.29 is 0 Å². The molecule has 4 heteroatoms. The molecule has 0 spiro atoms. The van der Waals surface area contributed by atoms with Crippen LogP contribution < -0.4 is 10.2 Å². The van der Waals surface area contributed by atoms with Crippen LogP contribution in [0.25, 0.3) is 0 Å². The van der Waals surface area contributed by atoms with Crippen LogP contribution in [0.5, 0.6) is 0 Å². The van der Waals surface area contributed by atoms with Gasteiger partial charge in [0.05, 0.1) is 0 Å². The van der Waals surface area contributed by atoms with Crippen LogP contribution in [-0.4, -0.2) is 35.1 Å². The quantitative estimate of drug-likeness (QED) is 0.774. The first kappa shape index (κ1) is 11.3. The maximum Gasteiger partial charge on any atom is 0.225 e. The van der Waals surface area contributed by atoms with Gasteiger partial charge in [0.1, 0.15) is 0 Å². The maximum absolute atomic E-state index is 4.51. The Morgan fingerprint density at radius 2 is 1.62 bits per heavy atom. The van der Waals surface area contributed by atoms with Crippen LogP contribution in [0.15, 0.2) is 6.07 Å². The van der Waals surface area contributed by atoms with Gasteiger partial charge < -0.3 is 10.2 Å². The zero-order valence-electron chi connectivity index (χ0n) is 10.5. The second-order valence-electron chi connectivity index (χ2n) is 4.82. The third-order valence-electron chi connectivity index (χ3n) is 2.81. The van der Waals surface area contributed by atoms with Crippen molar-refractivity contribution in [1.29, 1.82) is 0 Å². The Morgan fingerprint density at radius 1 is 1.12 bits per heavy atom. The van der Waals surface area contributed by atoms with Gasteiger partial charge in [-0.3, -0.25) is 0 Å². The molecular formula is C12H20N4. The SMILES string of the molecule is Cc1cc(C)nc(N2CC(C)NC(C)C2)n1. The predicted octanol–water partition coefficient (Wildman–Crippen LogP) is 1.28. The van der Waals surface area contributed by atoms with Crippen LogP contribution in [0, 0.1) is 13.8 Å².